The Morgan fingerprint density at radius 2 is 2.10 bits per heavy atom. The monoisotopic (exact) mass is 333 g/mol. The fourth-order valence-corrected chi connectivity index (χ4v) is 3.01. The Morgan fingerprint density at radius 3 is 2.62 bits per heavy atom. The summed E-state index contributed by atoms with van der Waals surface area (Å²) in [4.78, 5) is 26.5. The van der Waals surface area contributed by atoms with Crippen LogP contribution in [0.1, 0.15) is 41.8 Å². The molecule has 3 atom stereocenters. The minimum Gasteiger partial charge on any atom is -0.476 e. The SMILES string of the molecule is CC(CCS(C)=O)NC(=O)NC(C)c1nc(C(=O)O)cs1. The van der Waals surface area contributed by atoms with Gasteiger partial charge in [-0.05, 0) is 20.3 Å². The first-order chi connectivity index (χ1) is 9.79. The zero-order valence-electron chi connectivity index (χ0n) is 12.1. The predicted octanol–water partition coefficient (Wildman–Crippen LogP) is 1.36. The third kappa shape index (κ3) is 6.21. The van der Waals surface area contributed by atoms with Crippen LogP contribution in [-0.2, 0) is 10.8 Å². The van der Waals surface area contributed by atoms with Crippen LogP contribution in [0.5, 0.6) is 0 Å². The summed E-state index contributed by atoms with van der Waals surface area (Å²) >= 11 is 1.19. The van der Waals surface area contributed by atoms with Crippen molar-refractivity contribution >= 4 is 34.1 Å². The molecule has 0 aliphatic heterocycles. The van der Waals surface area contributed by atoms with Crippen LogP contribution in [0, 0.1) is 0 Å². The first kappa shape index (κ1) is 17.6. The maximum atomic E-state index is 11.8. The molecular weight excluding hydrogens is 314 g/mol. The maximum Gasteiger partial charge on any atom is 0.355 e. The number of carbonyl (C=O) groups excluding carboxylic acids is 1. The van der Waals surface area contributed by atoms with Gasteiger partial charge in [0, 0.05) is 34.2 Å². The summed E-state index contributed by atoms with van der Waals surface area (Å²) in [5.41, 5.74) is -0.0251. The van der Waals surface area contributed by atoms with E-state index in [0.717, 1.165) is 0 Å². The molecule has 1 heterocycles. The van der Waals surface area contributed by atoms with Crippen LogP contribution >= 0.6 is 11.3 Å². The fourth-order valence-electron chi connectivity index (χ4n) is 1.52. The molecule has 2 amide bonds. The number of aromatic carboxylic acids is 1. The normalized spacial score (nSPS) is 15.0. The van der Waals surface area contributed by atoms with E-state index in [1.807, 2.05) is 6.92 Å². The highest BCUT2D eigenvalue weighted by atomic mass is 32.2. The molecular formula is C12H19N3O4S2. The smallest absolute Gasteiger partial charge is 0.355 e. The van der Waals surface area contributed by atoms with Crippen molar-refractivity contribution in [2.75, 3.05) is 12.0 Å². The lowest BCUT2D eigenvalue weighted by Crippen LogP contribution is -2.42. The van der Waals surface area contributed by atoms with Crippen LogP contribution in [-0.4, -0.2) is 44.4 Å². The van der Waals surface area contributed by atoms with Gasteiger partial charge >= 0.3 is 12.0 Å². The van der Waals surface area contributed by atoms with Gasteiger partial charge in [0.15, 0.2) is 5.69 Å². The number of carboxylic acid groups (broad SMARTS) is 1. The number of thiazole rings is 1. The van der Waals surface area contributed by atoms with Gasteiger partial charge in [-0.2, -0.15) is 0 Å². The van der Waals surface area contributed by atoms with Gasteiger partial charge in [0.1, 0.15) is 5.01 Å². The van der Waals surface area contributed by atoms with Crippen LogP contribution in [0.15, 0.2) is 5.38 Å². The van der Waals surface area contributed by atoms with Crippen molar-refractivity contribution in [1.82, 2.24) is 15.6 Å². The minimum atomic E-state index is -1.09. The molecule has 0 radical (unpaired) electrons. The summed E-state index contributed by atoms with van der Waals surface area (Å²) in [6.45, 7) is 3.57. The van der Waals surface area contributed by atoms with Crippen LogP contribution in [0.4, 0.5) is 4.79 Å². The number of nitrogens with one attached hydrogen (secondary N) is 2. The molecule has 21 heavy (non-hydrogen) atoms. The second-order valence-corrected chi connectivity index (χ2v) is 7.13. The average Bonchev–Trinajstić information content (AvgIpc) is 2.85. The lowest BCUT2D eigenvalue weighted by atomic mass is 10.2. The molecule has 0 bridgehead atoms. The van der Waals surface area contributed by atoms with Gasteiger partial charge in [0.05, 0.1) is 6.04 Å². The highest BCUT2D eigenvalue weighted by molar-refractivity contribution is 7.84. The van der Waals surface area contributed by atoms with Crippen molar-refractivity contribution < 1.29 is 18.9 Å². The Labute approximate surface area is 129 Å². The molecule has 118 valence electrons. The number of amides is 2. The third-order valence-electron chi connectivity index (χ3n) is 2.67. The van der Waals surface area contributed by atoms with E-state index in [4.69, 9.17) is 5.11 Å². The summed E-state index contributed by atoms with van der Waals surface area (Å²) in [5, 5.41) is 16.2. The van der Waals surface area contributed by atoms with E-state index in [-0.39, 0.29) is 23.8 Å². The van der Waals surface area contributed by atoms with Crippen molar-refractivity contribution in [3.05, 3.63) is 16.1 Å². The standard InChI is InChI=1S/C12H19N3O4S2/c1-7(4-5-21(3)19)13-12(18)14-8(2)10-15-9(6-20-10)11(16)17/h6-8H,4-5H2,1-3H3,(H,16,17)(H2,13,14,18). The van der Waals surface area contributed by atoms with Crippen molar-refractivity contribution in [1.29, 1.82) is 0 Å². The number of nitrogens with zero attached hydrogens (tertiary/aromatic N) is 1. The number of urea groups is 1. The third-order valence-corrected chi connectivity index (χ3v) is 4.51. The fraction of sp³-hybridized carbons (Fsp3) is 0.583. The second-order valence-electron chi connectivity index (χ2n) is 4.68. The van der Waals surface area contributed by atoms with Gasteiger partial charge in [-0.25, -0.2) is 14.6 Å². The van der Waals surface area contributed by atoms with E-state index in [1.165, 1.54) is 16.7 Å². The Kier molecular flexibility index (Phi) is 6.76. The Balaban J connectivity index is 2.45. The largest absolute Gasteiger partial charge is 0.476 e. The Morgan fingerprint density at radius 1 is 1.43 bits per heavy atom. The number of rotatable bonds is 7. The molecule has 0 spiro atoms. The molecule has 0 aromatic carbocycles. The summed E-state index contributed by atoms with van der Waals surface area (Å²) < 4.78 is 11.0. The van der Waals surface area contributed by atoms with Crippen molar-refractivity contribution in [3.63, 3.8) is 0 Å². The minimum absolute atomic E-state index is 0.0251. The van der Waals surface area contributed by atoms with Crippen molar-refractivity contribution in [2.24, 2.45) is 0 Å². The molecule has 0 saturated heterocycles. The quantitative estimate of drug-likeness (QED) is 0.698. The predicted molar refractivity (Wildman–Crippen MR) is 82.2 cm³/mol. The number of carboxylic acids is 1. The zero-order chi connectivity index (χ0) is 16.0. The number of hydrogen-bond donors (Lipinski definition) is 3. The van der Waals surface area contributed by atoms with Crippen LogP contribution in [0.3, 0.4) is 0 Å². The second kappa shape index (κ2) is 8.08. The van der Waals surface area contributed by atoms with E-state index in [9.17, 15) is 13.8 Å². The molecule has 3 N–H and O–H groups in total. The zero-order valence-corrected chi connectivity index (χ0v) is 13.7. The van der Waals surface area contributed by atoms with Gasteiger partial charge in [-0.15, -0.1) is 11.3 Å². The molecule has 1 aromatic heterocycles. The highest BCUT2D eigenvalue weighted by Crippen LogP contribution is 2.17. The molecule has 7 nitrogen and oxygen atoms in total. The molecule has 1 rings (SSSR count). The average molecular weight is 333 g/mol. The van der Waals surface area contributed by atoms with E-state index in [2.05, 4.69) is 15.6 Å². The molecule has 1 aromatic rings. The molecule has 0 aliphatic carbocycles. The van der Waals surface area contributed by atoms with Crippen LogP contribution in [0.25, 0.3) is 0 Å². The lowest BCUT2D eigenvalue weighted by Gasteiger charge is -2.16. The first-order valence-electron chi connectivity index (χ1n) is 6.35. The number of carbonyl (C=O) groups is 2. The van der Waals surface area contributed by atoms with Gasteiger partial charge in [0.25, 0.3) is 0 Å². The Bertz CT molecular complexity index is 532. The number of aromatic nitrogens is 1. The Hall–Kier alpha value is -1.48. The van der Waals surface area contributed by atoms with E-state index in [1.54, 1.807) is 13.2 Å². The number of hydrogen-bond acceptors (Lipinski definition) is 5. The van der Waals surface area contributed by atoms with E-state index >= 15 is 0 Å². The summed E-state index contributed by atoms with van der Waals surface area (Å²) in [5.74, 6) is -0.554. The molecule has 3 unspecified atom stereocenters. The molecule has 0 saturated carbocycles. The molecule has 0 aliphatic rings. The summed E-state index contributed by atoms with van der Waals surface area (Å²) in [7, 11) is -0.879. The summed E-state index contributed by atoms with van der Waals surface area (Å²) in [6.07, 6.45) is 2.25. The maximum absolute atomic E-state index is 11.8. The van der Waals surface area contributed by atoms with Crippen molar-refractivity contribution in [2.45, 2.75) is 32.4 Å². The van der Waals surface area contributed by atoms with Gasteiger partial charge in [-0.1, -0.05) is 0 Å². The van der Waals surface area contributed by atoms with Crippen molar-refractivity contribution in [3.8, 4) is 0 Å². The first-order valence-corrected chi connectivity index (χ1v) is 8.96. The van der Waals surface area contributed by atoms with Gasteiger partial charge < -0.3 is 15.7 Å². The van der Waals surface area contributed by atoms with Gasteiger partial charge in [-0.3, -0.25) is 4.21 Å². The molecule has 0 fully saturated rings. The topological polar surface area (TPSA) is 108 Å². The van der Waals surface area contributed by atoms with E-state index in [0.29, 0.717) is 17.2 Å². The van der Waals surface area contributed by atoms with Crippen LogP contribution in [0.2, 0.25) is 0 Å². The summed E-state index contributed by atoms with van der Waals surface area (Å²) in [6, 6.07) is -0.827. The van der Waals surface area contributed by atoms with Crippen LogP contribution < -0.4 is 10.6 Å². The van der Waals surface area contributed by atoms with Gasteiger partial charge in [0.2, 0.25) is 0 Å². The lowest BCUT2D eigenvalue weighted by molar-refractivity contribution is 0.0691. The molecule has 9 heteroatoms. The van der Waals surface area contributed by atoms with E-state index < -0.39 is 16.8 Å². The highest BCUT2D eigenvalue weighted by Gasteiger charge is 2.16.